The van der Waals surface area contributed by atoms with Gasteiger partial charge in [-0.25, -0.2) is 0 Å². The van der Waals surface area contributed by atoms with Crippen molar-refractivity contribution in [3.8, 4) is 0 Å². The number of benzene rings is 2. The monoisotopic (exact) mass is 394 g/mol. The molecule has 1 aliphatic heterocycles. The fourth-order valence-electron chi connectivity index (χ4n) is 3.34. The summed E-state index contributed by atoms with van der Waals surface area (Å²) in [6, 6.07) is 12.7. The fourth-order valence-corrected chi connectivity index (χ4v) is 3.46. The van der Waals surface area contributed by atoms with Crippen LogP contribution in [0.1, 0.15) is 29.7 Å². The summed E-state index contributed by atoms with van der Waals surface area (Å²) in [5.41, 5.74) is 5.03. The number of hydrogen-bond acceptors (Lipinski definition) is 5. The highest BCUT2D eigenvalue weighted by Gasteiger charge is 2.34. The number of amides is 1. The molecule has 0 bridgehead atoms. The van der Waals surface area contributed by atoms with Gasteiger partial charge in [-0.05, 0) is 66.1 Å². The number of tetrazole rings is 1. The molecule has 1 unspecified atom stereocenters. The topological polar surface area (TPSA) is 84.7 Å². The van der Waals surface area contributed by atoms with Gasteiger partial charge >= 0.3 is 0 Å². The first-order valence-electron chi connectivity index (χ1n) is 8.84. The Balaban J connectivity index is 1.77. The molecule has 3 aromatic rings. The highest BCUT2D eigenvalue weighted by molar-refractivity contribution is 6.30. The van der Waals surface area contributed by atoms with E-state index in [4.69, 9.17) is 11.6 Å². The number of carbonyl (C=O) groups excluding carboxylic acids is 1. The molecule has 4 rings (SSSR count). The molecule has 0 aliphatic carbocycles. The van der Waals surface area contributed by atoms with Gasteiger partial charge in [-0.15, -0.1) is 0 Å². The predicted octanol–water partition coefficient (Wildman–Crippen LogP) is 3.87. The Morgan fingerprint density at radius 1 is 1.14 bits per heavy atom. The molecule has 2 heterocycles. The van der Waals surface area contributed by atoms with Gasteiger partial charge in [0.1, 0.15) is 6.04 Å². The lowest BCUT2D eigenvalue weighted by Crippen LogP contribution is -2.31. The Labute approximate surface area is 167 Å². The number of carbonyl (C=O) groups is 1. The fraction of sp³-hybridized carbons (Fsp3) is 0.200. The number of allylic oxidation sites excluding steroid dienone is 1. The summed E-state index contributed by atoms with van der Waals surface area (Å²) in [6.07, 6.45) is 0. The minimum Gasteiger partial charge on any atom is -0.326 e. The summed E-state index contributed by atoms with van der Waals surface area (Å²) in [5, 5.41) is 18.6. The predicted molar refractivity (Wildman–Crippen MR) is 108 cm³/mol. The molecule has 0 saturated carbocycles. The number of anilines is 2. The third kappa shape index (κ3) is 3.14. The van der Waals surface area contributed by atoms with E-state index >= 15 is 0 Å². The summed E-state index contributed by atoms with van der Waals surface area (Å²) in [5.74, 6) is 0.278. The average molecular weight is 395 g/mol. The third-order valence-electron chi connectivity index (χ3n) is 5.00. The van der Waals surface area contributed by atoms with Crippen molar-refractivity contribution in [3.63, 3.8) is 0 Å². The summed E-state index contributed by atoms with van der Waals surface area (Å²) < 4.78 is 1.61. The van der Waals surface area contributed by atoms with Gasteiger partial charge in [0.25, 0.3) is 5.91 Å². The van der Waals surface area contributed by atoms with E-state index in [1.807, 2.05) is 51.1 Å². The van der Waals surface area contributed by atoms with E-state index in [1.165, 1.54) is 0 Å². The van der Waals surface area contributed by atoms with Crippen molar-refractivity contribution < 1.29 is 4.79 Å². The second kappa shape index (κ2) is 7.09. The van der Waals surface area contributed by atoms with Gasteiger partial charge in [0.15, 0.2) is 0 Å². The van der Waals surface area contributed by atoms with Crippen molar-refractivity contribution in [2.45, 2.75) is 26.8 Å². The number of fused-ring (bicyclic) bond motifs is 1. The highest BCUT2D eigenvalue weighted by atomic mass is 35.5. The molecule has 142 valence electrons. The molecule has 0 saturated heterocycles. The first-order valence-corrected chi connectivity index (χ1v) is 9.22. The lowest BCUT2D eigenvalue weighted by molar-refractivity contribution is -0.113. The molecule has 2 aromatic carbocycles. The molecule has 8 heteroatoms. The van der Waals surface area contributed by atoms with Crippen LogP contribution >= 0.6 is 11.6 Å². The molecule has 2 N–H and O–H groups in total. The Kier molecular flexibility index (Phi) is 4.60. The number of halogens is 1. The van der Waals surface area contributed by atoms with Crippen LogP contribution < -0.4 is 10.6 Å². The highest BCUT2D eigenvalue weighted by Crippen LogP contribution is 2.35. The molecular formula is C20H19ClN6O. The van der Waals surface area contributed by atoms with E-state index < -0.39 is 6.04 Å². The Hall–Kier alpha value is -3.19. The smallest absolute Gasteiger partial charge is 0.255 e. The number of rotatable bonds is 3. The molecule has 7 nitrogen and oxygen atoms in total. The van der Waals surface area contributed by atoms with Crippen molar-refractivity contribution in [3.05, 3.63) is 75.4 Å². The molecular weight excluding hydrogens is 376 g/mol. The van der Waals surface area contributed by atoms with Crippen LogP contribution in [0, 0.1) is 13.8 Å². The van der Waals surface area contributed by atoms with Crippen molar-refractivity contribution in [1.82, 2.24) is 20.2 Å². The van der Waals surface area contributed by atoms with Crippen molar-refractivity contribution in [1.29, 1.82) is 0 Å². The Morgan fingerprint density at radius 2 is 1.89 bits per heavy atom. The molecule has 0 fully saturated rings. The zero-order valence-corrected chi connectivity index (χ0v) is 16.4. The SMILES string of the molecule is CC1=C(C(=O)Nc2cccc(C)c2C)C(c2ccc(Cl)cc2)n2nnnc2N1. The molecule has 0 spiro atoms. The maximum absolute atomic E-state index is 13.3. The number of nitrogens with one attached hydrogen (secondary N) is 2. The third-order valence-corrected chi connectivity index (χ3v) is 5.25. The van der Waals surface area contributed by atoms with Crippen LogP contribution in [-0.4, -0.2) is 26.1 Å². The molecule has 1 aromatic heterocycles. The lowest BCUT2D eigenvalue weighted by atomic mass is 9.95. The summed E-state index contributed by atoms with van der Waals surface area (Å²) in [4.78, 5) is 13.3. The Bertz CT molecular complexity index is 1090. The number of hydrogen-bond donors (Lipinski definition) is 2. The zero-order valence-electron chi connectivity index (χ0n) is 15.7. The van der Waals surface area contributed by atoms with E-state index in [0.29, 0.717) is 22.2 Å². The second-order valence-corrected chi connectivity index (χ2v) is 7.20. The maximum Gasteiger partial charge on any atom is 0.255 e. The van der Waals surface area contributed by atoms with Crippen molar-refractivity contribution in [2.75, 3.05) is 10.6 Å². The number of aromatic nitrogens is 4. The van der Waals surface area contributed by atoms with Gasteiger partial charge in [0.05, 0.1) is 5.57 Å². The van der Waals surface area contributed by atoms with E-state index in [1.54, 1.807) is 16.8 Å². The zero-order chi connectivity index (χ0) is 19.8. The van der Waals surface area contributed by atoms with Crippen molar-refractivity contribution >= 4 is 29.1 Å². The first-order chi connectivity index (χ1) is 13.5. The van der Waals surface area contributed by atoms with Gasteiger partial charge in [-0.3, -0.25) is 4.79 Å². The van der Waals surface area contributed by atoms with E-state index in [0.717, 1.165) is 22.4 Å². The van der Waals surface area contributed by atoms with Gasteiger partial charge in [0.2, 0.25) is 5.95 Å². The lowest BCUT2D eigenvalue weighted by Gasteiger charge is -2.28. The van der Waals surface area contributed by atoms with E-state index in [9.17, 15) is 4.79 Å². The summed E-state index contributed by atoms with van der Waals surface area (Å²) in [6.45, 7) is 5.85. The average Bonchev–Trinajstić information content (AvgIpc) is 3.13. The Morgan fingerprint density at radius 3 is 2.64 bits per heavy atom. The first kappa shape index (κ1) is 18.2. The minimum atomic E-state index is -0.464. The van der Waals surface area contributed by atoms with E-state index in [-0.39, 0.29) is 5.91 Å². The molecule has 28 heavy (non-hydrogen) atoms. The second-order valence-electron chi connectivity index (χ2n) is 6.77. The van der Waals surface area contributed by atoms with Crippen LogP contribution in [0.5, 0.6) is 0 Å². The van der Waals surface area contributed by atoms with Crippen LogP contribution in [-0.2, 0) is 4.79 Å². The van der Waals surface area contributed by atoms with Crippen LogP contribution in [0.2, 0.25) is 5.02 Å². The largest absolute Gasteiger partial charge is 0.326 e. The summed E-state index contributed by atoms with van der Waals surface area (Å²) in [7, 11) is 0. The number of aryl methyl sites for hydroxylation is 1. The van der Waals surface area contributed by atoms with Gasteiger partial charge in [-0.1, -0.05) is 41.0 Å². The van der Waals surface area contributed by atoms with Crippen LogP contribution in [0.25, 0.3) is 0 Å². The molecule has 1 atom stereocenters. The van der Waals surface area contributed by atoms with Gasteiger partial charge < -0.3 is 10.6 Å². The van der Waals surface area contributed by atoms with Crippen LogP contribution in [0.4, 0.5) is 11.6 Å². The number of nitrogens with zero attached hydrogens (tertiary/aromatic N) is 4. The van der Waals surface area contributed by atoms with Gasteiger partial charge in [-0.2, -0.15) is 4.68 Å². The van der Waals surface area contributed by atoms with E-state index in [2.05, 4.69) is 26.2 Å². The molecule has 1 amide bonds. The quantitative estimate of drug-likeness (QED) is 0.704. The van der Waals surface area contributed by atoms with Crippen LogP contribution in [0.3, 0.4) is 0 Å². The maximum atomic E-state index is 13.3. The minimum absolute atomic E-state index is 0.209. The molecule has 0 radical (unpaired) electrons. The summed E-state index contributed by atoms with van der Waals surface area (Å²) >= 11 is 6.05. The van der Waals surface area contributed by atoms with Crippen molar-refractivity contribution in [2.24, 2.45) is 0 Å². The normalized spacial score (nSPS) is 15.8. The standard InChI is InChI=1S/C20H19ClN6O/c1-11-5-4-6-16(12(11)2)23-19(28)17-13(3)22-20-24-25-26-27(20)18(17)14-7-9-15(21)10-8-14/h4-10,18H,1-3H3,(H,23,28)(H,22,24,26). The molecule has 1 aliphatic rings. The van der Waals surface area contributed by atoms with Gasteiger partial charge in [0, 0.05) is 16.4 Å². The van der Waals surface area contributed by atoms with Crippen LogP contribution in [0.15, 0.2) is 53.7 Å².